The topological polar surface area (TPSA) is 116 Å². The summed E-state index contributed by atoms with van der Waals surface area (Å²) in [6, 6.07) is 5.87. The minimum atomic E-state index is 0.0226. The van der Waals surface area contributed by atoms with Gasteiger partial charge >= 0.3 is 0 Å². The number of aliphatic hydroxyl groups is 1. The molecule has 4 heterocycles. The van der Waals surface area contributed by atoms with Gasteiger partial charge in [0.1, 0.15) is 11.9 Å². The summed E-state index contributed by atoms with van der Waals surface area (Å²) in [4.78, 5) is 15.4. The second-order valence-electron chi connectivity index (χ2n) is 6.51. The number of anilines is 3. The summed E-state index contributed by atoms with van der Waals surface area (Å²) in [5.41, 5.74) is 2.72. The Balaban J connectivity index is 1.57. The van der Waals surface area contributed by atoms with E-state index in [0.29, 0.717) is 23.8 Å². The lowest BCUT2D eigenvalue weighted by atomic mass is 10.1. The first-order valence-electron chi connectivity index (χ1n) is 9.15. The maximum Gasteiger partial charge on any atom is 0.227 e. The van der Waals surface area contributed by atoms with Crippen molar-refractivity contribution in [3.8, 4) is 17.3 Å². The van der Waals surface area contributed by atoms with E-state index in [-0.39, 0.29) is 6.61 Å². The summed E-state index contributed by atoms with van der Waals surface area (Å²) in [5.74, 6) is 1.16. The van der Waals surface area contributed by atoms with E-state index in [4.69, 9.17) is 5.11 Å². The molecule has 1 saturated heterocycles. The van der Waals surface area contributed by atoms with Gasteiger partial charge < -0.3 is 15.3 Å². The van der Waals surface area contributed by atoms with E-state index in [1.54, 1.807) is 35.5 Å². The average Bonchev–Trinajstić information content (AvgIpc) is 3.40. The zero-order chi connectivity index (χ0) is 19.3. The van der Waals surface area contributed by atoms with Crippen LogP contribution in [0.5, 0.6) is 0 Å². The lowest BCUT2D eigenvalue weighted by Gasteiger charge is -2.17. The zero-order valence-electron chi connectivity index (χ0n) is 15.3. The number of aromatic nitrogens is 5. The molecular weight excluding hydrogens is 356 g/mol. The van der Waals surface area contributed by atoms with E-state index in [1.165, 1.54) is 0 Å². The Labute approximate surface area is 162 Å². The van der Waals surface area contributed by atoms with Crippen LogP contribution in [0.15, 0.2) is 36.9 Å². The molecule has 0 aromatic carbocycles. The van der Waals surface area contributed by atoms with Crippen molar-refractivity contribution in [2.45, 2.75) is 19.4 Å². The lowest BCUT2D eigenvalue weighted by Crippen LogP contribution is -2.20. The van der Waals surface area contributed by atoms with E-state index < -0.39 is 0 Å². The van der Waals surface area contributed by atoms with Gasteiger partial charge in [-0.25, -0.2) is 15.0 Å². The molecule has 3 aromatic heterocycles. The molecule has 28 heavy (non-hydrogen) atoms. The van der Waals surface area contributed by atoms with E-state index in [1.807, 2.05) is 6.07 Å². The molecule has 0 spiro atoms. The molecule has 0 saturated carbocycles. The first-order valence-corrected chi connectivity index (χ1v) is 9.15. The Bertz CT molecular complexity index is 1000. The summed E-state index contributed by atoms with van der Waals surface area (Å²) in [6.45, 7) is 2.32. The number of nitriles is 1. The molecule has 1 fully saturated rings. The van der Waals surface area contributed by atoms with Gasteiger partial charge in [-0.1, -0.05) is 0 Å². The smallest absolute Gasteiger partial charge is 0.227 e. The van der Waals surface area contributed by atoms with Gasteiger partial charge in [0.2, 0.25) is 5.95 Å². The van der Waals surface area contributed by atoms with Crippen LogP contribution in [0.4, 0.5) is 17.5 Å². The van der Waals surface area contributed by atoms with E-state index >= 15 is 0 Å². The molecule has 4 rings (SSSR count). The van der Waals surface area contributed by atoms with Gasteiger partial charge in [0, 0.05) is 37.2 Å². The Morgan fingerprint density at radius 2 is 2.07 bits per heavy atom. The number of pyridine rings is 1. The average molecular weight is 376 g/mol. The minimum absolute atomic E-state index is 0.0226. The third kappa shape index (κ3) is 3.77. The van der Waals surface area contributed by atoms with Gasteiger partial charge in [0.15, 0.2) is 0 Å². The third-order valence-electron chi connectivity index (χ3n) is 4.56. The summed E-state index contributed by atoms with van der Waals surface area (Å²) in [7, 11) is 0. The number of hydrogen-bond acceptors (Lipinski definition) is 8. The van der Waals surface area contributed by atoms with Gasteiger partial charge in [-0.15, -0.1) is 0 Å². The predicted molar refractivity (Wildman–Crippen MR) is 104 cm³/mol. The Morgan fingerprint density at radius 1 is 1.21 bits per heavy atom. The molecule has 0 aliphatic carbocycles. The summed E-state index contributed by atoms with van der Waals surface area (Å²) in [6.07, 6.45) is 9.08. The van der Waals surface area contributed by atoms with E-state index in [9.17, 15) is 5.26 Å². The van der Waals surface area contributed by atoms with Crippen molar-refractivity contribution in [2.75, 3.05) is 29.9 Å². The van der Waals surface area contributed by atoms with Gasteiger partial charge in [-0.2, -0.15) is 10.4 Å². The summed E-state index contributed by atoms with van der Waals surface area (Å²) >= 11 is 0. The van der Waals surface area contributed by atoms with E-state index in [0.717, 1.165) is 43.0 Å². The van der Waals surface area contributed by atoms with Crippen molar-refractivity contribution in [1.29, 1.82) is 5.26 Å². The fraction of sp³-hybridized carbons (Fsp3) is 0.316. The van der Waals surface area contributed by atoms with Crippen LogP contribution in [-0.4, -0.2) is 49.5 Å². The van der Waals surface area contributed by atoms with Crippen LogP contribution in [0.3, 0.4) is 0 Å². The second-order valence-corrected chi connectivity index (χ2v) is 6.51. The molecule has 2 N–H and O–H groups in total. The number of hydrogen-bond donors (Lipinski definition) is 2. The minimum Gasteiger partial charge on any atom is -0.394 e. The van der Waals surface area contributed by atoms with Gasteiger partial charge in [-0.05, 0) is 25.0 Å². The van der Waals surface area contributed by atoms with Gasteiger partial charge in [0.05, 0.1) is 36.3 Å². The fourth-order valence-electron chi connectivity index (χ4n) is 3.22. The van der Waals surface area contributed by atoms with Crippen molar-refractivity contribution in [3.63, 3.8) is 0 Å². The van der Waals surface area contributed by atoms with Crippen molar-refractivity contribution in [3.05, 3.63) is 42.5 Å². The Hall–Kier alpha value is -3.51. The van der Waals surface area contributed by atoms with Crippen LogP contribution < -0.4 is 10.2 Å². The van der Waals surface area contributed by atoms with Crippen LogP contribution in [-0.2, 0) is 6.54 Å². The number of aliphatic hydroxyl groups excluding tert-OH is 1. The van der Waals surface area contributed by atoms with E-state index in [2.05, 4.69) is 36.3 Å². The highest BCUT2D eigenvalue weighted by atomic mass is 16.3. The highest BCUT2D eigenvalue weighted by Crippen LogP contribution is 2.26. The molecule has 0 amide bonds. The molecule has 1 aliphatic heterocycles. The van der Waals surface area contributed by atoms with Crippen molar-refractivity contribution < 1.29 is 5.11 Å². The van der Waals surface area contributed by atoms with Crippen molar-refractivity contribution in [2.24, 2.45) is 0 Å². The largest absolute Gasteiger partial charge is 0.394 e. The standard InChI is InChI=1S/C19H20N8O/c20-10-14-9-15(11-22-18(14)26-5-1-2-6-26)17-3-4-21-19(25-17)24-16-12-23-27(13-16)7-8-28/h3-4,9,11-13,28H,1-2,5-8H2,(H,21,24,25). The number of rotatable bonds is 6. The molecule has 0 unspecified atom stereocenters. The van der Waals surface area contributed by atoms with Crippen molar-refractivity contribution >= 4 is 17.5 Å². The number of nitrogens with zero attached hydrogens (tertiary/aromatic N) is 7. The van der Waals surface area contributed by atoms with Crippen LogP contribution in [0.1, 0.15) is 18.4 Å². The predicted octanol–water partition coefficient (Wildman–Crippen LogP) is 1.94. The monoisotopic (exact) mass is 376 g/mol. The summed E-state index contributed by atoms with van der Waals surface area (Å²) < 4.78 is 1.63. The molecule has 142 valence electrons. The lowest BCUT2D eigenvalue weighted by molar-refractivity contribution is 0.269. The SMILES string of the molecule is N#Cc1cc(-c2ccnc(Nc3cnn(CCO)c3)n2)cnc1N1CCCC1. The van der Waals surface area contributed by atoms with Crippen LogP contribution in [0.25, 0.3) is 11.3 Å². The zero-order valence-corrected chi connectivity index (χ0v) is 15.3. The highest BCUT2D eigenvalue weighted by molar-refractivity contribution is 5.67. The second kappa shape index (κ2) is 8.02. The van der Waals surface area contributed by atoms with Crippen LogP contribution in [0, 0.1) is 11.3 Å². The first-order chi connectivity index (χ1) is 13.8. The molecule has 3 aromatic rings. The molecule has 0 radical (unpaired) electrons. The van der Waals surface area contributed by atoms with Crippen LogP contribution >= 0.6 is 0 Å². The third-order valence-corrected chi connectivity index (χ3v) is 4.56. The number of nitrogens with one attached hydrogen (secondary N) is 1. The van der Waals surface area contributed by atoms with Gasteiger partial charge in [0.25, 0.3) is 0 Å². The molecule has 9 heteroatoms. The molecule has 9 nitrogen and oxygen atoms in total. The highest BCUT2D eigenvalue weighted by Gasteiger charge is 2.18. The van der Waals surface area contributed by atoms with Crippen LogP contribution in [0.2, 0.25) is 0 Å². The Kier molecular flexibility index (Phi) is 5.12. The maximum absolute atomic E-state index is 9.56. The molecule has 0 bridgehead atoms. The maximum atomic E-state index is 9.56. The van der Waals surface area contributed by atoms with Crippen molar-refractivity contribution in [1.82, 2.24) is 24.7 Å². The Morgan fingerprint density at radius 3 is 2.86 bits per heavy atom. The normalized spacial score (nSPS) is 13.5. The molecular formula is C19H20N8O. The molecule has 0 atom stereocenters. The fourth-order valence-corrected chi connectivity index (χ4v) is 3.22. The van der Waals surface area contributed by atoms with Gasteiger partial charge in [-0.3, -0.25) is 4.68 Å². The summed E-state index contributed by atoms with van der Waals surface area (Å²) in [5, 5.41) is 25.8. The first kappa shape index (κ1) is 17.9. The molecule has 1 aliphatic rings. The quantitative estimate of drug-likeness (QED) is 0.670.